The van der Waals surface area contributed by atoms with Crippen molar-refractivity contribution < 1.29 is 4.74 Å². The molecule has 0 unspecified atom stereocenters. The highest BCUT2D eigenvalue weighted by atomic mass is 16.5. The second-order valence-corrected chi connectivity index (χ2v) is 5.52. The van der Waals surface area contributed by atoms with Crippen LogP contribution in [0.15, 0.2) is 54.3 Å². The molecule has 3 rings (SSSR count). The lowest BCUT2D eigenvalue weighted by Gasteiger charge is -2.23. The van der Waals surface area contributed by atoms with Crippen LogP contribution in [-0.4, -0.2) is 34.9 Å². The van der Waals surface area contributed by atoms with Crippen LogP contribution in [0.5, 0.6) is 0 Å². The summed E-state index contributed by atoms with van der Waals surface area (Å²) in [5, 5.41) is 8.21. The van der Waals surface area contributed by atoms with Crippen LogP contribution in [0.3, 0.4) is 0 Å². The SMILES string of the molecule is CCCOCC1=CN(c2nnc(N)nc2-c2ccccc2)CC=C1. The van der Waals surface area contributed by atoms with Crippen molar-refractivity contribution in [3.8, 4) is 11.3 Å². The molecule has 0 fully saturated rings. The van der Waals surface area contributed by atoms with E-state index in [1.807, 2.05) is 41.4 Å². The van der Waals surface area contributed by atoms with Gasteiger partial charge in [0, 0.05) is 24.9 Å². The van der Waals surface area contributed by atoms with Crippen molar-refractivity contribution in [3.63, 3.8) is 0 Å². The summed E-state index contributed by atoms with van der Waals surface area (Å²) in [6.45, 7) is 4.14. The highest BCUT2D eigenvalue weighted by Crippen LogP contribution is 2.28. The van der Waals surface area contributed by atoms with Gasteiger partial charge in [-0.3, -0.25) is 0 Å². The highest BCUT2D eigenvalue weighted by Gasteiger charge is 2.17. The summed E-state index contributed by atoms with van der Waals surface area (Å²) < 4.78 is 5.62. The van der Waals surface area contributed by atoms with Gasteiger partial charge >= 0.3 is 0 Å². The largest absolute Gasteiger partial charge is 0.377 e. The molecule has 1 aromatic heterocycles. The van der Waals surface area contributed by atoms with Crippen molar-refractivity contribution in [1.82, 2.24) is 15.2 Å². The van der Waals surface area contributed by atoms with Gasteiger partial charge in [0.2, 0.25) is 5.95 Å². The topological polar surface area (TPSA) is 77.2 Å². The summed E-state index contributed by atoms with van der Waals surface area (Å²) in [5.74, 6) is 0.855. The molecular formula is C18H21N5O. The molecule has 124 valence electrons. The summed E-state index contributed by atoms with van der Waals surface area (Å²) in [7, 11) is 0. The van der Waals surface area contributed by atoms with Crippen molar-refractivity contribution in [2.24, 2.45) is 0 Å². The minimum Gasteiger partial charge on any atom is -0.377 e. The normalized spacial score (nSPS) is 13.9. The number of rotatable bonds is 6. The smallest absolute Gasteiger partial charge is 0.240 e. The average Bonchev–Trinajstić information content (AvgIpc) is 2.63. The molecular weight excluding hydrogens is 302 g/mol. The second kappa shape index (κ2) is 7.70. The van der Waals surface area contributed by atoms with Gasteiger partial charge in [-0.05, 0) is 12.0 Å². The number of benzene rings is 1. The van der Waals surface area contributed by atoms with Gasteiger partial charge in [0.05, 0.1) is 6.61 Å². The monoisotopic (exact) mass is 323 g/mol. The number of ether oxygens (including phenoxy) is 1. The standard InChI is InChI=1S/C18H21N5O/c1-2-11-24-13-14-7-6-10-23(12-14)17-16(20-18(19)22-21-17)15-8-4-3-5-9-15/h3-9,12H,2,10-11,13H2,1H3,(H2,19,20,22). The first-order chi connectivity index (χ1) is 11.8. The summed E-state index contributed by atoms with van der Waals surface area (Å²) >= 11 is 0. The van der Waals surface area contributed by atoms with Crippen molar-refractivity contribution >= 4 is 11.8 Å². The number of hydrogen-bond acceptors (Lipinski definition) is 6. The Morgan fingerprint density at radius 3 is 2.83 bits per heavy atom. The van der Waals surface area contributed by atoms with E-state index in [4.69, 9.17) is 10.5 Å². The molecule has 0 atom stereocenters. The first-order valence-corrected chi connectivity index (χ1v) is 8.05. The van der Waals surface area contributed by atoms with E-state index < -0.39 is 0 Å². The lowest BCUT2D eigenvalue weighted by molar-refractivity contribution is 0.158. The van der Waals surface area contributed by atoms with Gasteiger partial charge in [0.1, 0.15) is 5.69 Å². The van der Waals surface area contributed by atoms with Gasteiger partial charge in [0.25, 0.3) is 0 Å². The van der Waals surface area contributed by atoms with Crippen LogP contribution in [0.25, 0.3) is 11.3 Å². The molecule has 0 radical (unpaired) electrons. The Hall–Kier alpha value is -2.73. The molecule has 2 N–H and O–H groups in total. The summed E-state index contributed by atoms with van der Waals surface area (Å²) in [4.78, 5) is 6.42. The third-order valence-corrected chi connectivity index (χ3v) is 3.58. The maximum Gasteiger partial charge on any atom is 0.240 e. The van der Waals surface area contributed by atoms with Gasteiger partial charge in [-0.15, -0.1) is 10.2 Å². The lowest BCUT2D eigenvalue weighted by atomic mass is 10.1. The van der Waals surface area contributed by atoms with Crippen molar-refractivity contribution in [2.45, 2.75) is 13.3 Å². The fraction of sp³-hybridized carbons (Fsp3) is 0.278. The molecule has 0 bridgehead atoms. The molecule has 6 nitrogen and oxygen atoms in total. The molecule has 0 saturated heterocycles. The highest BCUT2D eigenvalue weighted by molar-refractivity contribution is 5.73. The zero-order valence-corrected chi connectivity index (χ0v) is 13.7. The van der Waals surface area contributed by atoms with Crippen LogP contribution >= 0.6 is 0 Å². The molecule has 2 heterocycles. The molecule has 0 spiro atoms. The molecule has 2 aromatic rings. The van der Waals surface area contributed by atoms with Crippen LogP contribution in [0.2, 0.25) is 0 Å². The Kier molecular flexibility index (Phi) is 5.18. The molecule has 0 saturated carbocycles. The Labute approximate surface area is 141 Å². The van der Waals surface area contributed by atoms with E-state index in [0.717, 1.165) is 29.9 Å². The van der Waals surface area contributed by atoms with E-state index in [0.29, 0.717) is 19.0 Å². The van der Waals surface area contributed by atoms with E-state index >= 15 is 0 Å². The molecule has 0 amide bonds. The van der Waals surface area contributed by atoms with Crippen LogP contribution in [0.4, 0.5) is 11.8 Å². The Balaban J connectivity index is 1.90. The number of anilines is 2. The quantitative estimate of drug-likeness (QED) is 0.824. The second-order valence-electron chi connectivity index (χ2n) is 5.52. The van der Waals surface area contributed by atoms with Gasteiger partial charge in [-0.1, -0.05) is 49.4 Å². The average molecular weight is 323 g/mol. The van der Waals surface area contributed by atoms with Crippen LogP contribution in [0.1, 0.15) is 13.3 Å². The van der Waals surface area contributed by atoms with Gasteiger partial charge < -0.3 is 15.4 Å². The van der Waals surface area contributed by atoms with E-state index in [1.165, 1.54) is 0 Å². The van der Waals surface area contributed by atoms with E-state index in [1.54, 1.807) is 0 Å². The molecule has 24 heavy (non-hydrogen) atoms. The Morgan fingerprint density at radius 2 is 2.04 bits per heavy atom. The fourth-order valence-electron chi connectivity index (χ4n) is 2.50. The molecule has 1 aromatic carbocycles. The van der Waals surface area contributed by atoms with Crippen LogP contribution < -0.4 is 10.6 Å². The van der Waals surface area contributed by atoms with Crippen molar-refractivity contribution in [1.29, 1.82) is 0 Å². The van der Waals surface area contributed by atoms with Gasteiger partial charge in [-0.2, -0.15) is 0 Å². The zero-order valence-electron chi connectivity index (χ0n) is 13.7. The lowest BCUT2D eigenvalue weighted by Crippen LogP contribution is -2.23. The molecule has 6 heteroatoms. The number of aromatic nitrogens is 3. The summed E-state index contributed by atoms with van der Waals surface area (Å²) in [6, 6.07) is 9.87. The van der Waals surface area contributed by atoms with Crippen LogP contribution in [0, 0.1) is 0 Å². The summed E-state index contributed by atoms with van der Waals surface area (Å²) in [6.07, 6.45) is 7.19. The molecule has 0 aliphatic carbocycles. The fourth-order valence-corrected chi connectivity index (χ4v) is 2.50. The number of nitrogens with zero attached hydrogens (tertiary/aromatic N) is 4. The van der Waals surface area contributed by atoms with E-state index in [9.17, 15) is 0 Å². The van der Waals surface area contributed by atoms with Crippen molar-refractivity contribution in [2.75, 3.05) is 30.4 Å². The maximum atomic E-state index is 5.75. The zero-order chi connectivity index (χ0) is 16.8. The van der Waals surface area contributed by atoms with Crippen molar-refractivity contribution in [3.05, 3.63) is 54.3 Å². The Bertz CT molecular complexity index is 742. The number of nitrogens with two attached hydrogens (primary N) is 1. The van der Waals surface area contributed by atoms with Crippen LogP contribution in [-0.2, 0) is 4.74 Å². The van der Waals surface area contributed by atoms with E-state index in [2.05, 4.69) is 34.3 Å². The molecule has 1 aliphatic heterocycles. The molecule has 1 aliphatic rings. The summed E-state index contributed by atoms with van der Waals surface area (Å²) in [5.41, 5.74) is 8.52. The van der Waals surface area contributed by atoms with E-state index in [-0.39, 0.29) is 5.95 Å². The van der Waals surface area contributed by atoms with Gasteiger partial charge in [-0.25, -0.2) is 4.98 Å². The Morgan fingerprint density at radius 1 is 1.21 bits per heavy atom. The maximum absolute atomic E-state index is 5.75. The third-order valence-electron chi connectivity index (χ3n) is 3.58. The predicted octanol–water partition coefficient (Wildman–Crippen LogP) is 2.81. The van der Waals surface area contributed by atoms with Gasteiger partial charge in [0.15, 0.2) is 5.82 Å². The predicted molar refractivity (Wildman–Crippen MR) is 95.4 cm³/mol. The minimum atomic E-state index is 0.167. The number of hydrogen-bond donors (Lipinski definition) is 1. The number of nitrogen functional groups attached to an aromatic ring is 1. The first-order valence-electron chi connectivity index (χ1n) is 8.05. The minimum absolute atomic E-state index is 0.167. The first kappa shape index (κ1) is 16.1. The third kappa shape index (κ3) is 3.78.